The largest absolute Gasteiger partial charge is 0.371 e. The molecule has 6 rings (SSSR count). The average Bonchev–Trinajstić information content (AvgIpc) is 3.39. The first-order chi connectivity index (χ1) is 19.4. The van der Waals surface area contributed by atoms with Crippen LogP contribution in [0.2, 0.25) is 5.02 Å². The molecule has 1 aliphatic rings. The summed E-state index contributed by atoms with van der Waals surface area (Å²) in [5, 5.41) is 4.68. The van der Waals surface area contributed by atoms with Gasteiger partial charge in [-0.15, -0.1) is 0 Å². The van der Waals surface area contributed by atoms with Crippen molar-refractivity contribution in [3.8, 4) is 22.4 Å². The first-order valence-corrected chi connectivity index (χ1v) is 13.8. The van der Waals surface area contributed by atoms with Gasteiger partial charge in [0.15, 0.2) is 0 Å². The van der Waals surface area contributed by atoms with Crippen LogP contribution in [0.4, 0.5) is 11.6 Å². The van der Waals surface area contributed by atoms with E-state index in [0.29, 0.717) is 28.7 Å². The molecule has 1 aliphatic heterocycles. The number of halogens is 1. The van der Waals surface area contributed by atoms with Crippen molar-refractivity contribution in [3.63, 3.8) is 0 Å². The molecule has 1 fully saturated rings. The van der Waals surface area contributed by atoms with E-state index in [1.807, 2.05) is 73.3 Å². The molecule has 0 bridgehead atoms. The summed E-state index contributed by atoms with van der Waals surface area (Å²) in [4.78, 5) is 25.4. The Morgan fingerprint density at radius 1 is 1.05 bits per heavy atom. The van der Waals surface area contributed by atoms with Gasteiger partial charge in [-0.25, -0.2) is 4.98 Å². The van der Waals surface area contributed by atoms with E-state index in [2.05, 4.69) is 34.4 Å². The minimum atomic E-state index is -0.112. The van der Waals surface area contributed by atoms with E-state index in [9.17, 15) is 4.79 Å². The SMILES string of the molecule is CCn1c(=O)c(-c2ccc(Cl)cc2-c2cccn2C)cc2cnc(Nc3ccc(C4CN(C)CCO4)cc3)nc21. The topological polar surface area (TPSA) is 77.2 Å². The van der Waals surface area contributed by atoms with Crippen LogP contribution in [0.3, 0.4) is 0 Å². The summed E-state index contributed by atoms with van der Waals surface area (Å²) in [6, 6.07) is 19.6. The molecule has 1 N–H and O–H groups in total. The van der Waals surface area contributed by atoms with E-state index in [1.54, 1.807) is 10.8 Å². The number of likely N-dealkylation sites (N-methyl/N-ethyl adjacent to an activating group) is 1. The number of ether oxygens (including phenoxy) is 1. The third-order valence-electron chi connectivity index (χ3n) is 7.44. The summed E-state index contributed by atoms with van der Waals surface area (Å²) < 4.78 is 9.64. The van der Waals surface area contributed by atoms with E-state index in [1.165, 1.54) is 0 Å². The van der Waals surface area contributed by atoms with Crippen LogP contribution in [0.5, 0.6) is 0 Å². The van der Waals surface area contributed by atoms with Crippen LogP contribution < -0.4 is 10.9 Å². The lowest BCUT2D eigenvalue weighted by Gasteiger charge is -2.30. The summed E-state index contributed by atoms with van der Waals surface area (Å²) in [5.74, 6) is 0.430. The minimum Gasteiger partial charge on any atom is -0.371 e. The summed E-state index contributed by atoms with van der Waals surface area (Å²) in [7, 11) is 4.09. The molecule has 1 atom stereocenters. The number of anilines is 2. The number of pyridine rings is 1. The fourth-order valence-corrected chi connectivity index (χ4v) is 5.47. The second-order valence-corrected chi connectivity index (χ2v) is 10.6. The van der Waals surface area contributed by atoms with Crippen molar-refractivity contribution in [1.29, 1.82) is 0 Å². The van der Waals surface area contributed by atoms with E-state index in [-0.39, 0.29) is 11.7 Å². The first-order valence-electron chi connectivity index (χ1n) is 13.4. The lowest BCUT2D eigenvalue weighted by atomic mass is 9.97. The summed E-state index contributed by atoms with van der Waals surface area (Å²) >= 11 is 6.38. The maximum atomic E-state index is 13.8. The predicted molar refractivity (Wildman–Crippen MR) is 160 cm³/mol. The number of hydrogen-bond donors (Lipinski definition) is 1. The van der Waals surface area contributed by atoms with Crippen LogP contribution in [0.25, 0.3) is 33.4 Å². The maximum Gasteiger partial charge on any atom is 0.260 e. The van der Waals surface area contributed by atoms with Crippen LogP contribution in [0.15, 0.2) is 77.9 Å². The van der Waals surface area contributed by atoms with Gasteiger partial charge in [-0.1, -0.05) is 29.8 Å². The van der Waals surface area contributed by atoms with Gasteiger partial charge in [0.1, 0.15) is 5.65 Å². The number of aromatic nitrogens is 4. The van der Waals surface area contributed by atoms with E-state index in [4.69, 9.17) is 21.3 Å². The second kappa shape index (κ2) is 10.9. The number of nitrogens with one attached hydrogen (secondary N) is 1. The Hall–Kier alpha value is -3.98. The molecule has 0 spiro atoms. The monoisotopic (exact) mass is 554 g/mol. The Balaban J connectivity index is 1.35. The van der Waals surface area contributed by atoms with Gasteiger partial charge < -0.3 is 19.5 Å². The van der Waals surface area contributed by atoms with E-state index >= 15 is 0 Å². The fraction of sp³-hybridized carbons (Fsp3) is 0.258. The molecule has 0 radical (unpaired) electrons. The van der Waals surface area contributed by atoms with Crippen molar-refractivity contribution >= 4 is 34.3 Å². The Morgan fingerprint density at radius 2 is 1.88 bits per heavy atom. The number of aryl methyl sites for hydroxylation is 2. The van der Waals surface area contributed by atoms with E-state index < -0.39 is 0 Å². The molecule has 0 amide bonds. The van der Waals surface area contributed by atoms with Crippen molar-refractivity contribution in [2.75, 3.05) is 32.1 Å². The van der Waals surface area contributed by atoms with Crippen LogP contribution >= 0.6 is 11.6 Å². The summed E-state index contributed by atoms with van der Waals surface area (Å²) in [5.41, 5.74) is 5.74. The zero-order chi connectivity index (χ0) is 27.8. The van der Waals surface area contributed by atoms with Crippen molar-refractivity contribution in [2.24, 2.45) is 7.05 Å². The van der Waals surface area contributed by atoms with Gasteiger partial charge in [0, 0.05) is 72.0 Å². The highest BCUT2D eigenvalue weighted by molar-refractivity contribution is 6.31. The smallest absolute Gasteiger partial charge is 0.260 e. The standard InChI is InChI=1S/C31H31ClN6O2/c1-4-38-29-21(16-26(30(38)39)24-12-9-22(32)17-25(24)27-6-5-13-37(27)3)18-33-31(35-29)34-23-10-7-20(8-11-23)28-19-36(2)14-15-40-28/h5-13,16-18,28H,4,14-15,19H2,1-3H3,(H,33,34,35). The van der Waals surface area contributed by atoms with Gasteiger partial charge in [-0.3, -0.25) is 9.36 Å². The van der Waals surface area contributed by atoms with Gasteiger partial charge in [0.05, 0.1) is 12.7 Å². The van der Waals surface area contributed by atoms with Crippen LogP contribution in [0.1, 0.15) is 18.6 Å². The summed E-state index contributed by atoms with van der Waals surface area (Å²) in [6.45, 7) is 4.98. The quantitative estimate of drug-likeness (QED) is 0.282. The van der Waals surface area contributed by atoms with Crippen LogP contribution in [-0.2, 0) is 18.3 Å². The van der Waals surface area contributed by atoms with Crippen molar-refractivity contribution in [2.45, 2.75) is 19.6 Å². The Morgan fingerprint density at radius 3 is 2.60 bits per heavy atom. The van der Waals surface area contributed by atoms with Crippen molar-refractivity contribution < 1.29 is 4.74 Å². The number of rotatable bonds is 6. The van der Waals surface area contributed by atoms with Crippen molar-refractivity contribution in [3.05, 3.63) is 94.0 Å². The molecule has 1 unspecified atom stereocenters. The maximum absolute atomic E-state index is 13.8. The third-order valence-corrected chi connectivity index (χ3v) is 7.68. The average molecular weight is 555 g/mol. The zero-order valence-corrected chi connectivity index (χ0v) is 23.5. The molecular formula is C31H31ClN6O2. The Bertz CT molecular complexity index is 1740. The van der Waals surface area contributed by atoms with Gasteiger partial charge in [-0.2, -0.15) is 4.98 Å². The first kappa shape index (κ1) is 26.3. The normalized spacial score (nSPS) is 15.9. The van der Waals surface area contributed by atoms with E-state index in [0.717, 1.165) is 53.2 Å². The molecule has 8 nitrogen and oxygen atoms in total. The lowest BCUT2D eigenvalue weighted by Crippen LogP contribution is -2.35. The number of morpholine rings is 1. The lowest BCUT2D eigenvalue weighted by molar-refractivity contribution is -0.0208. The Kier molecular flexibility index (Phi) is 7.14. The molecule has 2 aromatic carbocycles. The number of nitrogens with zero attached hydrogens (tertiary/aromatic N) is 5. The minimum absolute atomic E-state index is 0.0701. The molecule has 0 saturated carbocycles. The molecule has 9 heteroatoms. The zero-order valence-electron chi connectivity index (χ0n) is 22.8. The van der Waals surface area contributed by atoms with Crippen molar-refractivity contribution in [1.82, 2.24) is 24.0 Å². The molecule has 40 heavy (non-hydrogen) atoms. The molecule has 204 valence electrons. The molecule has 3 aromatic heterocycles. The second-order valence-electron chi connectivity index (χ2n) is 10.1. The fourth-order valence-electron chi connectivity index (χ4n) is 5.30. The van der Waals surface area contributed by atoms with Gasteiger partial charge in [0.25, 0.3) is 5.56 Å². The molecule has 0 aliphatic carbocycles. The molecule has 1 saturated heterocycles. The highest BCUT2D eigenvalue weighted by Gasteiger charge is 2.20. The molecule has 5 aromatic rings. The van der Waals surface area contributed by atoms with Crippen LogP contribution in [-0.4, -0.2) is 50.7 Å². The third kappa shape index (κ3) is 5.01. The number of hydrogen-bond acceptors (Lipinski definition) is 6. The number of benzene rings is 2. The number of fused-ring (bicyclic) bond motifs is 1. The van der Waals surface area contributed by atoms with Gasteiger partial charge >= 0.3 is 0 Å². The molecular weight excluding hydrogens is 524 g/mol. The van der Waals surface area contributed by atoms with Gasteiger partial charge in [0.2, 0.25) is 5.95 Å². The Labute approximate surface area is 237 Å². The highest BCUT2D eigenvalue weighted by Crippen LogP contribution is 2.34. The predicted octanol–water partition coefficient (Wildman–Crippen LogP) is 5.88. The van der Waals surface area contributed by atoms with Gasteiger partial charge in [-0.05, 0) is 67.6 Å². The van der Waals surface area contributed by atoms with Crippen LogP contribution in [0, 0.1) is 0 Å². The molecule has 4 heterocycles. The summed E-state index contributed by atoms with van der Waals surface area (Å²) in [6.07, 6.45) is 3.81. The highest BCUT2D eigenvalue weighted by atomic mass is 35.5.